The second kappa shape index (κ2) is 7.14. The van der Waals surface area contributed by atoms with E-state index in [1.54, 1.807) is 6.26 Å². The van der Waals surface area contributed by atoms with Crippen molar-refractivity contribution in [3.8, 4) is 0 Å². The third-order valence-electron chi connectivity index (χ3n) is 3.46. The maximum Gasteiger partial charge on any atom is 0.247 e. The van der Waals surface area contributed by atoms with Crippen LogP contribution in [0.3, 0.4) is 0 Å². The van der Waals surface area contributed by atoms with E-state index in [1.807, 2.05) is 20.8 Å². The van der Waals surface area contributed by atoms with Crippen LogP contribution in [-0.4, -0.2) is 51.1 Å². The first-order valence-corrected chi connectivity index (χ1v) is 8.55. The molecule has 1 aliphatic heterocycles. The fourth-order valence-electron chi connectivity index (χ4n) is 2.56. The Kier molecular flexibility index (Phi) is 6.13. The van der Waals surface area contributed by atoms with E-state index in [0.717, 1.165) is 12.8 Å². The molecule has 0 aromatic heterocycles. The molecule has 1 heterocycles. The molecule has 3 atom stereocenters. The maximum absolute atomic E-state index is 12.3. The summed E-state index contributed by atoms with van der Waals surface area (Å²) in [6.45, 7) is 5.86. The number of nitrogens with one attached hydrogen (secondary N) is 1. The number of imide groups is 1. The Hall–Kier alpha value is -0.750. The summed E-state index contributed by atoms with van der Waals surface area (Å²) in [5.74, 6) is 0.261. The Morgan fingerprint density at radius 2 is 1.95 bits per heavy atom. The fraction of sp³-hybridized carbons (Fsp3) is 0.846. The van der Waals surface area contributed by atoms with Crippen molar-refractivity contribution in [2.75, 3.05) is 12.0 Å². The Labute approximate surface area is 117 Å². The third kappa shape index (κ3) is 4.11. The molecule has 0 bridgehead atoms. The van der Waals surface area contributed by atoms with Crippen LogP contribution in [0, 0.1) is 0 Å². The van der Waals surface area contributed by atoms with E-state index in [4.69, 9.17) is 0 Å². The van der Waals surface area contributed by atoms with Gasteiger partial charge in [-0.3, -0.25) is 18.7 Å². The number of carbonyl (C=O) groups excluding carboxylic acids is 2. The van der Waals surface area contributed by atoms with E-state index in [1.165, 1.54) is 4.90 Å². The van der Waals surface area contributed by atoms with Gasteiger partial charge in [-0.05, 0) is 19.8 Å². The lowest BCUT2D eigenvalue weighted by atomic mass is 10.1. The molecule has 1 fully saturated rings. The van der Waals surface area contributed by atoms with E-state index in [-0.39, 0.29) is 30.3 Å². The van der Waals surface area contributed by atoms with Crippen LogP contribution in [-0.2, 0) is 20.4 Å². The quantitative estimate of drug-likeness (QED) is 0.699. The minimum Gasteiger partial charge on any atom is -0.302 e. The van der Waals surface area contributed by atoms with Gasteiger partial charge in [-0.25, -0.2) is 0 Å². The molecule has 1 aliphatic rings. The third-order valence-corrected chi connectivity index (χ3v) is 4.43. The normalized spacial score (nSPS) is 23.2. The first-order chi connectivity index (χ1) is 8.90. The lowest BCUT2D eigenvalue weighted by Crippen LogP contribution is -2.46. The van der Waals surface area contributed by atoms with Gasteiger partial charge in [0.1, 0.15) is 0 Å². The van der Waals surface area contributed by atoms with Gasteiger partial charge >= 0.3 is 0 Å². The number of rotatable bonds is 7. The van der Waals surface area contributed by atoms with Crippen LogP contribution < -0.4 is 5.32 Å². The summed E-state index contributed by atoms with van der Waals surface area (Å²) in [6, 6.07) is -0.483. The highest BCUT2D eigenvalue weighted by atomic mass is 32.2. The van der Waals surface area contributed by atoms with Gasteiger partial charge in [0, 0.05) is 34.9 Å². The fourth-order valence-corrected chi connectivity index (χ4v) is 3.36. The average molecular weight is 288 g/mol. The lowest BCUT2D eigenvalue weighted by Gasteiger charge is -2.25. The SMILES string of the molecule is CCC(CC)N1C(=O)CC(NC(C)CS(C)=O)C1=O. The summed E-state index contributed by atoms with van der Waals surface area (Å²) in [7, 11) is -0.909. The molecular weight excluding hydrogens is 264 g/mol. The highest BCUT2D eigenvalue weighted by molar-refractivity contribution is 7.84. The minimum absolute atomic E-state index is 0.00223. The number of hydrogen-bond donors (Lipinski definition) is 1. The van der Waals surface area contributed by atoms with Crippen LogP contribution >= 0.6 is 0 Å². The molecular formula is C13H24N2O3S. The Morgan fingerprint density at radius 3 is 2.42 bits per heavy atom. The first-order valence-electron chi connectivity index (χ1n) is 6.82. The van der Waals surface area contributed by atoms with Crippen molar-refractivity contribution in [2.24, 2.45) is 0 Å². The molecule has 6 heteroatoms. The molecule has 19 heavy (non-hydrogen) atoms. The van der Waals surface area contributed by atoms with Crippen molar-refractivity contribution in [3.05, 3.63) is 0 Å². The van der Waals surface area contributed by atoms with Crippen molar-refractivity contribution in [3.63, 3.8) is 0 Å². The topological polar surface area (TPSA) is 66.5 Å². The molecule has 3 unspecified atom stereocenters. The summed E-state index contributed by atoms with van der Waals surface area (Å²) in [6.07, 6.45) is 3.43. The molecule has 2 amide bonds. The van der Waals surface area contributed by atoms with Crippen molar-refractivity contribution in [2.45, 2.75) is 58.2 Å². The minimum atomic E-state index is -0.909. The highest BCUT2D eigenvalue weighted by Crippen LogP contribution is 2.20. The number of carbonyl (C=O) groups is 2. The highest BCUT2D eigenvalue weighted by Gasteiger charge is 2.41. The van der Waals surface area contributed by atoms with Gasteiger partial charge in [-0.1, -0.05) is 13.8 Å². The van der Waals surface area contributed by atoms with Crippen molar-refractivity contribution in [1.82, 2.24) is 10.2 Å². The zero-order valence-corrected chi connectivity index (χ0v) is 13.0. The van der Waals surface area contributed by atoms with Crippen molar-refractivity contribution >= 4 is 22.6 Å². The van der Waals surface area contributed by atoms with Gasteiger partial charge in [0.25, 0.3) is 0 Å². The van der Waals surface area contributed by atoms with E-state index in [9.17, 15) is 13.8 Å². The smallest absolute Gasteiger partial charge is 0.247 e. The Bertz CT molecular complexity index is 369. The number of likely N-dealkylation sites (tertiary alicyclic amines) is 1. The monoisotopic (exact) mass is 288 g/mol. The van der Waals surface area contributed by atoms with Crippen LogP contribution in [0.25, 0.3) is 0 Å². The predicted molar refractivity (Wildman–Crippen MR) is 76.2 cm³/mol. The van der Waals surface area contributed by atoms with Gasteiger partial charge in [-0.2, -0.15) is 0 Å². The van der Waals surface area contributed by atoms with Crippen molar-refractivity contribution < 1.29 is 13.8 Å². The molecule has 0 aromatic rings. The molecule has 1 saturated heterocycles. The van der Waals surface area contributed by atoms with E-state index in [2.05, 4.69) is 5.32 Å². The van der Waals surface area contributed by atoms with Crippen LogP contribution in [0.15, 0.2) is 0 Å². The van der Waals surface area contributed by atoms with E-state index >= 15 is 0 Å². The summed E-state index contributed by atoms with van der Waals surface area (Å²) < 4.78 is 11.1. The van der Waals surface area contributed by atoms with Crippen LogP contribution in [0.2, 0.25) is 0 Å². The summed E-state index contributed by atoms with van der Waals surface area (Å²) in [4.78, 5) is 25.6. The van der Waals surface area contributed by atoms with Crippen LogP contribution in [0.4, 0.5) is 0 Å². The zero-order chi connectivity index (χ0) is 14.6. The lowest BCUT2D eigenvalue weighted by molar-refractivity contribution is -0.141. The molecule has 1 rings (SSSR count). The second-order valence-corrected chi connectivity index (χ2v) is 6.62. The molecule has 0 aliphatic carbocycles. The number of nitrogens with zero attached hydrogens (tertiary/aromatic N) is 1. The molecule has 0 radical (unpaired) electrons. The molecule has 0 saturated carbocycles. The zero-order valence-electron chi connectivity index (χ0n) is 12.1. The Balaban J connectivity index is 2.67. The molecule has 0 spiro atoms. The number of hydrogen-bond acceptors (Lipinski definition) is 4. The van der Waals surface area contributed by atoms with Gasteiger partial charge in [0.2, 0.25) is 11.8 Å². The predicted octanol–water partition coefficient (Wildman–Crippen LogP) is 0.659. The van der Waals surface area contributed by atoms with Gasteiger partial charge in [0.05, 0.1) is 12.5 Å². The summed E-state index contributed by atoms with van der Waals surface area (Å²) in [5, 5.41) is 3.12. The molecule has 0 aromatic carbocycles. The van der Waals surface area contributed by atoms with E-state index in [0.29, 0.717) is 5.75 Å². The number of amides is 2. The van der Waals surface area contributed by atoms with Crippen molar-refractivity contribution in [1.29, 1.82) is 0 Å². The summed E-state index contributed by atoms with van der Waals surface area (Å²) >= 11 is 0. The van der Waals surface area contributed by atoms with Gasteiger partial charge in [-0.15, -0.1) is 0 Å². The largest absolute Gasteiger partial charge is 0.302 e. The van der Waals surface area contributed by atoms with Crippen LogP contribution in [0.1, 0.15) is 40.0 Å². The average Bonchev–Trinajstić information content (AvgIpc) is 2.57. The van der Waals surface area contributed by atoms with Gasteiger partial charge < -0.3 is 5.32 Å². The Morgan fingerprint density at radius 1 is 1.37 bits per heavy atom. The standard InChI is InChI=1S/C13H24N2O3S/c1-5-10(6-2)15-12(16)7-11(13(15)17)14-9(3)8-19(4)18/h9-11,14H,5-8H2,1-4H3. The van der Waals surface area contributed by atoms with Crippen LogP contribution in [0.5, 0.6) is 0 Å². The molecule has 1 N–H and O–H groups in total. The second-order valence-electron chi connectivity index (χ2n) is 5.14. The maximum atomic E-state index is 12.3. The molecule has 110 valence electrons. The van der Waals surface area contributed by atoms with E-state index < -0.39 is 16.8 Å². The summed E-state index contributed by atoms with van der Waals surface area (Å²) in [5.41, 5.74) is 0. The van der Waals surface area contributed by atoms with Gasteiger partial charge in [0.15, 0.2) is 0 Å². The molecule has 5 nitrogen and oxygen atoms in total. The first kappa shape index (κ1) is 16.3.